The van der Waals surface area contributed by atoms with Gasteiger partial charge < -0.3 is 4.90 Å². The highest BCUT2D eigenvalue weighted by atomic mass is 32.2. The van der Waals surface area contributed by atoms with Gasteiger partial charge in [-0.05, 0) is 55.8 Å². The molecular formula is C24H22N4O2S. The van der Waals surface area contributed by atoms with Crippen molar-refractivity contribution in [2.75, 3.05) is 17.2 Å². The first kappa shape index (κ1) is 20.8. The Hall–Kier alpha value is -3.45. The fourth-order valence-electron chi connectivity index (χ4n) is 3.37. The number of benzene rings is 2. The minimum atomic E-state index is -0.200. The number of carbonyl (C=O) groups is 1. The zero-order chi connectivity index (χ0) is 21.8. The molecule has 0 aliphatic rings. The van der Waals surface area contributed by atoms with Crippen LogP contribution in [0.5, 0.6) is 0 Å². The van der Waals surface area contributed by atoms with Gasteiger partial charge in [0.05, 0.1) is 16.7 Å². The van der Waals surface area contributed by atoms with E-state index in [9.17, 15) is 9.59 Å². The maximum absolute atomic E-state index is 13.3. The number of pyridine rings is 1. The van der Waals surface area contributed by atoms with Crippen LogP contribution in [-0.2, 0) is 4.79 Å². The van der Waals surface area contributed by atoms with Gasteiger partial charge in [-0.2, -0.15) is 0 Å². The van der Waals surface area contributed by atoms with E-state index in [1.54, 1.807) is 23.2 Å². The number of thioether (sulfide) groups is 1. The molecule has 0 spiro atoms. The van der Waals surface area contributed by atoms with Crippen molar-refractivity contribution >= 4 is 34.3 Å². The lowest BCUT2D eigenvalue weighted by atomic mass is 10.2. The van der Waals surface area contributed by atoms with Gasteiger partial charge in [0.25, 0.3) is 5.56 Å². The number of aryl methyl sites for hydroxylation is 1. The molecule has 0 N–H and O–H groups in total. The summed E-state index contributed by atoms with van der Waals surface area (Å²) in [5.41, 5.74) is 2.23. The monoisotopic (exact) mass is 430 g/mol. The highest BCUT2D eigenvalue weighted by molar-refractivity contribution is 7.99. The third kappa shape index (κ3) is 4.36. The van der Waals surface area contributed by atoms with Gasteiger partial charge in [-0.1, -0.05) is 42.1 Å². The minimum Gasteiger partial charge on any atom is -0.312 e. The van der Waals surface area contributed by atoms with E-state index >= 15 is 0 Å². The van der Waals surface area contributed by atoms with Gasteiger partial charge in [-0.15, -0.1) is 0 Å². The molecule has 0 radical (unpaired) electrons. The van der Waals surface area contributed by atoms with Gasteiger partial charge in [0.15, 0.2) is 5.16 Å². The van der Waals surface area contributed by atoms with Gasteiger partial charge >= 0.3 is 0 Å². The Morgan fingerprint density at radius 2 is 1.81 bits per heavy atom. The van der Waals surface area contributed by atoms with Crippen LogP contribution in [0, 0.1) is 6.92 Å². The Morgan fingerprint density at radius 1 is 1.06 bits per heavy atom. The first-order chi connectivity index (χ1) is 15.1. The van der Waals surface area contributed by atoms with Gasteiger partial charge in [-0.3, -0.25) is 9.59 Å². The van der Waals surface area contributed by atoms with Crippen LogP contribution in [-0.4, -0.2) is 32.7 Å². The predicted molar refractivity (Wildman–Crippen MR) is 125 cm³/mol. The molecule has 0 aliphatic heterocycles. The Kier molecular flexibility index (Phi) is 6.13. The molecule has 0 fully saturated rings. The maximum Gasteiger partial charge on any atom is 0.267 e. The second kappa shape index (κ2) is 9.14. The molecule has 2 heterocycles. The summed E-state index contributed by atoms with van der Waals surface area (Å²) in [6, 6.07) is 20.5. The summed E-state index contributed by atoms with van der Waals surface area (Å²) in [6.45, 7) is 4.44. The van der Waals surface area contributed by atoms with Crippen molar-refractivity contribution in [3.63, 3.8) is 0 Å². The van der Waals surface area contributed by atoms with Crippen molar-refractivity contribution in [1.29, 1.82) is 0 Å². The normalized spacial score (nSPS) is 10.9. The predicted octanol–water partition coefficient (Wildman–Crippen LogP) is 4.23. The van der Waals surface area contributed by atoms with Crippen LogP contribution in [0.25, 0.3) is 16.7 Å². The van der Waals surface area contributed by atoms with E-state index in [0.717, 1.165) is 11.3 Å². The Balaban J connectivity index is 1.72. The lowest BCUT2D eigenvalue weighted by Crippen LogP contribution is -2.32. The molecule has 4 rings (SSSR count). The number of para-hydroxylation sites is 2. The number of nitrogens with zero attached hydrogens (tertiary/aromatic N) is 4. The summed E-state index contributed by atoms with van der Waals surface area (Å²) < 4.78 is 1.49. The first-order valence-electron chi connectivity index (χ1n) is 10.0. The van der Waals surface area contributed by atoms with E-state index in [-0.39, 0.29) is 17.2 Å². The molecule has 31 heavy (non-hydrogen) atoms. The quantitative estimate of drug-likeness (QED) is 0.338. The standard InChI is InChI=1S/C24H22N4O2S/c1-3-27(18-9-5-4-6-10-18)22(29)16-31-24-26-20-12-8-7-11-19(20)23(30)28(24)21-15-17(2)13-14-25-21/h4-15H,3,16H2,1-2H3. The average Bonchev–Trinajstić information content (AvgIpc) is 2.79. The van der Waals surface area contributed by atoms with E-state index in [4.69, 9.17) is 0 Å². The van der Waals surface area contributed by atoms with Gasteiger partial charge in [-0.25, -0.2) is 14.5 Å². The first-order valence-corrected chi connectivity index (χ1v) is 11.0. The van der Waals surface area contributed by atoms with Crippen LogP contribution >= 0.6 is 11.8 Å². The molecule has 7 heteroatoms. The molecule has 0 unspecified atom stereocenters. The summed E-state index contributed by atoms with van der Waals surface area (Å²) in [5.74, 6) is 0.595. The molecule has 4 aromatic rings. The molecule has 2 aromatic carbocycles. The minimum absolute atomic E-state index is 0.0511. The SMILES string of the molecule is CCN(C(=O)CSc1nc2ccccc2c(=O)n1-c1cc(C)ccn1)c1ccccc1. The van der Waals surface area contributed by atoms with E-state index in [1.165, 1.54) is 16.3 Å². The summed E-state index contributed by atoms with van der Waals surface area (Å²) >= 11 is 1.24. The zero-order valence-corrected chi connectivity index (χ0v) is 18.2. The molecule has 0 bridgehead atoms. The number of fused-ring (bicyclic) bond motifs is 1. The number of hydrogen-bond acceptors (Lipinski definition) is 5. The Bertz CT molecular complexity index is 1290. The number of amides is 1. The van der Waals surface area contributed by atoms with Crippen molar-refractivity contribution in [3.05, 3.63) is 88.8 Å². The van der Waals surface area contributed by atoms with E-state index in [1.807, 2.05) is 68.4 Å². The number of carbonyl (C=O) groups excluding carboxylic acids is 1. The number of anilines is 1. The fourth-order valence-corrected chi connectivity index (χ4v) is 4.25. The van der Waals surface area contributed by atoms with Crippen molar-refractivity contribution in [2.45, 2.75) is 19.0 Å². The highest BCUT2D eigenvalue weighted by Crippen LogP contribution is 2.22. The second-order valence-electron chi connectivity index (χ2n) is 7.01. The molecule has 156 valence electrons. The highest BCUT2D eigenvalue weighted by Gasteiger charge is 2.18. The molecule has 0 atom stereocenters. The molecule has 0 aliphatic carbocycles. The third-order valence-electron chi connectivity index (χ3n) is 4.88. The lowest BCUT2D eigenvalue weighted by Gasteiger charge is -2.21. The summed E-state index contributed by atoms with van der Waals surface area (Å²) in [6.07, 6.45) is 1.67. The number of hydrogen-bond donors (Lipinski definition) is 0. The topological polar surface area (TPSA) is 68.1 Å². The van der Waals surface area contributed by atoms with Crippen LogP contribution < -0.4 is 10.5 Å². The largest absolute Gasteiger partial charge is 0.312 e. The van der Waals surface area contributed by atoms with Crippen molar-refractivity contribution in [2.24, 2.45) is 0 Å². The van der Waals surface area contributed by atoms with Crippen LogP contribution in [0.3, 0.4) is 0 Å². The lowest BCUT2D eigenvalue weighted by molar-refractivity contribution is -0.116. The van der Waals surface area contributed by atoms with Crippen molar-refractivity contribution in [1.82, 2.24) is 14.5 Å². The second-order valence-corrected chi connectivity index (χ2v) is 7.95. The van der Waals surface area contributed by atoms with Gasteiger partial charge in [0, 0.05) is 18.4 Å². The molecule has 0 saturated carbocycles. The van der Waals surface area contributed by atoms with E-state index < -0.39 is 0 Å². The molecule has 0 saturated heterocycles. The van der Waals surface area contributed by atoms with Gasteiger partial charge in [0.2, 0.25) is 5.91 Å². The average molecular weight is 431 g/mol. The van der Waals surface area contributed by atoms with Crippen LogP contribution in [0.15, 0.2) is 82.9 Å². The Morgan fingerprint density at radius 3 is 2.55 bits per heavy atom. The summed E-state index contributed by atoms with van der Waals surface area (Å²) in [7, 11) is 0. The maximum atomic E-state index is 13.3. The van der Waals surface area contributed by atoms with Crippen LogP contribution in [0.1, 0.15) is 12.5 Å². The van der Waals surface area contributed by atoms with Crippen LogP contribution in [0.2, 0.25) is 0 Å². The molecule has 1 amide bonds. The zero-order valence-electron chi connectivity index (χ0n) is 17.4. The summed E-state index contributed by atoms with van der Waals surface area (Å²) in [4.78, 5) is 37.1. The Labute approximate surface area is 184 Å². The van der Waals surface area contributed by atoms with Gasteiger partial charge in [0.1, 0.15) is 5.82 Å². The summed E-state index contributed by atoms with van der Waals surface area (Å²) in [5, 5.41) is 0.959. The van der Waals surface area contributed by atoms with Crippen molar-refractivity contribution < 1.29 is 4.79 Å². The smallest absolute Gasteiger partial charge is 0.267 e. The van der Waals surface area contributed by atoms with E-state index in [0.29, 0.717) is 28.4 Å². The van der Waals surface area contributed by atoms with Crippen molar-refractivity contribution in [3.8, 4) is 5.82 Å². The fraction of sp³-hybridized carbons (Fsp3) is 0.167. The number of rotatable bonds is 6. The number of aromatic nitrogens is 3. The molecule has 2 aromatic heterocycles. The molecular weight excluding hydrogens is 408 g/mol. The third-order valence-corrected chi connectivity index (χ3v) is 5.81. The molecule has 6 nitrogen and oxygen atoms in total. The van der Waals surface area contributed by atoms with Crippen LogP contribution in [0.4, 0.5) is 5.69 Å². The van der Waals surface area contributed by atoms with E-state index in [2.05, 4.69) is 9.97 Å².